The molecule has 1 unspecified atom stereocenters. The van der Waals surface area contributed by atoms with Crippen LogP contribution < -0.4 is 5.32 Å². The second kappa shape index (κ2) is 6.65. The van der Waals surface area contributed by atoms with Gasteiger partial charge in [0.15, 0.2) is 0 Å². The molecule has 0 spiro atoms. The lowest BCUT2D eigenvalue weighted by molar-refractivity contribution is -0.122. The monoisotopic (exact) mass is 319 g/mol. The summed E-state index contributed by atoms with van der Waals surface area (Å²) in [6, 6.07) is 6.26. The normalized spacial score (nSPS) is 13.1. The maximum absolute atomic E-state index is 12.1. The summed E-state index contributed by atoms with van der Waals surface area (Å²) in [5, 5.41) is 9.72. The van der Waals surface area contributed by atoms with Crippen molar-refractivity contribution in [1.82, 2.24) is 15.1 Å². The third-order valence-electron chi connectivity index (χ3n) is 3.39. The van der Waals surface area contributed by atoms with Gasteiger partial charge in [0.2, 0.25) is 5.91 Å². The topological polar surface area (TPSA) is 46.9 Å². The van der Waals surface area contributed by atoms with Gasteiger partial charge in [-0.25, -0.2) is 0 Å². The van der Waals surface area contributed by atoms with Gasteiger partial charge in [0.1, 0.15) is 6.04 Å². The molecule has 0 aliphatic heterocycles. The van der Waals surface area contributed by atoms with Crippen molar-refractivity contribution >= 4 is 17.2 Å². The Balaban J connectivity index is 2.14. The standard InChI is InChI=1S/C17H25N3OS/c1-12-9-13(2)20(19-12)14(15-7-6-8-22-15)11-18-16(21)10-17(3,4)5/h6-9,14H,10-11H2,1-5H3,(H,18,21). The van der Waals surface area contributed by atoms with Crippen molar-refractivity contribution in [3.05, 3.63) is 39.8 Å². The molecular weight excluding hydrogens is 294 g/mol. The number of nitrogens with one attached hydrogen (secondary N) is 1. The average molecular weight is 319 g/mol. The Morgan fingerprint density at radius 2 is 2.14 bits per heavy atom. The molecule has 0 aromatic carbocycles. The van der Waals surface area contributed by atoms with E-state index in [1.54, 1.807) is 11.3 Å². The second-order valence-corrected chi connectivity index (χ2v) is 7.92. The van der Waals surface area contributed by atoms with Gasteiger partial charge < -0.3 is 5.32 Å². The predicted molar refractivity (Wildman–Crippen MR) is 91.2 cm³/mol. The van der Waals surface area contributed by atoms with Crippen LogP contribution in [0.4, 0.5) is 0 Å². The van der Waals surface area contributed by atoms with E-state index in [4.69, 9.17) is 0 Å². The molecule has 2 heterocycles. The second-order valence-electron chi connectivity index (χ2n) is 6.94. The van der Waals surface area contributed by atoms with Gasteiger partial charge in [0, 0.05) is 23.5 Å². The molecule has 1 N–H and O–H groups in total. The van der Waals surface area contributed by atoms with Gasteiger partial charge in [-0.15, -0.1) is 11.3 Å². The summed E-state index contributed by atoms with van der Waals surface area (Å²) >= 11 is 1.70. The van der Waals surface area contributed by atoms with E-state index in [1.165, 1.54) is 4.88 Å². The first-order valence-electron chi connectivity index (χ1n) is 7.59. The van der Waals surface area contributed by atoms with Crippen molar-refractivity contribution in [3.8, 4) is 0 Å². The molecule has 0 saturated carbocycles. The van der Waals surface area contributed by atoms with Crippen molar-refractivity contribution < 1.29 is 4.79 Å². The number of aromatic nitrogens is 2. The number of thiophene rings is 1. The Labute approximate surface area is 136 Å². The van der Waals surface area contributed by atoms with E-state index in [0.717, 1.165) is 11.4 Å². The molecule has 2 aromatic heterocycles. The fourth-order valence-corrected chi connectivity index (χ4v) is 3.32. The molecule has 0 aliphatic carbocycles. The highest BCUT2D eigenvalue weighted by atomic mass is 32.1. The largest absolute Gasteiger partial charge is 0.354 e. The number of aryl methyl sites for hydroxylation is 2. The lowest BCUT2D eigenvalue weighted by atomic mass is 9.92. The number of nitrogens with zero attached hydrogens (tertiary/aromatic N) is 2. The average Bonchev–Trinajstić information content (AvgIpc) is 2.98. The van der Waals surface area contributed by atoms with Crippen LogP contribution in [0.3, 0.4) is 0 Å². The van der Waals surface area contributed by atoms with E-state index in [1.807, 2.05) is 17.7 Å². The van der Waals surface area contributed by atoms with Crippen molar-refractivity contribution in [2.75, 3.05) is 6.54 Å². The molecule has 0 saturated heterocycles. The lowest BCUT2D eigenvalue weighted by Crippen LogP contribution is -2.33. The summed E-state index contributed by atoms with van der Waals surface area (Å²) in [5.41, 5.74) is 2.11. The van der Waals surface area contributed by atoms with E-state index in [-0.39, 0.29) is 17.4 Å². The Bertz CT molecular complexity index is 623. The molecule has 1 atom stereocenters. The summed E-state index contributed by atoms with van der Waals surface area (Å²) < 4.78 is 2.01. The Kier molecular flexibility index (Phi) is 5.06. The van der Waals surface area contributed by atoms with E-state index in [2.05, 4.69) is 55.6 Å². The fourth-order valence-electron chi connectivity index (χ4n) is 2.50. The summed E-state index contributed by atoms with van der Waals surface area (Å²) in [6.07, 6.45) is 0.529. The maximum atomic E-state index is 12.1. The smallest absolute Gasteiger partial charge is 0.220 e. The van der Waals surface area contributed by atoms with Gasteiger partial charge in [-0.1, -0.05) is 26.8 Å². The maximum Gasteiger partial charge on any atom is 0.220 e. The Morgan fingerprint density at radius 3 is 2.64 bits per heavy atom. The highest BCUT2D eigenvalue weighted by Gasteiger charge is 2.21. The van der Waals surface area contributed by atoms with Crippen LogP contribution in [0.5, 0.6) is 0 Å². The lowest BCUT2D eigenvalue weighted by Gasteiger charge is -2.21. The third-order valence-corrected chi connectivity index (χ3v) is 4.37. The number of hydrogen-bond acceptors (Lipinski definition) is 3. The SMILES string of the molecule is Cc1cc(C)n(C(CNC(=O)CC(C)(C)C)c2cccs2)n1. The van der Waals surface area contributed by atoms with Gasteiger partial charge in [0.05, 0.1) is 5.69 Å². The van der Waals surface area contributed by atoms with E-state index < -0.39 is 0 Å². The molecule has 1 amide bonds. The van der Waals surface area contributed by atoms with Crippen molar-refractivity contribution in [2.45, 2.75) is 47.1 Å². The highest BCUT2D eigenvalue weighted by molar-refractivity contribution is 7.10. The Hall–Kier alpha value is -1.62. The molecule has 0 bridgehead atoms. The van der Waals surface area contributed by atoms with Crippen LogP contribution in [0.25, 0.3) is 0 Å². The van der Waals surface area contributed by atoms with Crippen LogP contribution in [-0.2, 0) is 4.79 Å². The number of amides is 1. The molecule has 2 aromatic rings. The van der Waals surface area contributed by atoms with Gasteiger partial charge in [-0.2, -0.15) is 5.10 Å². The van der Waals surface area contributed by atoms with Crippen LogP contribution in [-0.4, -0.2) is 22.2 Å². The van der Waals surface area contributed by atoms with Gasteiger partial charge in [-0.05, 0) is 36.8 Å². The van der Waals surface area contributed by atoms with Crippen molar-refractivity contribution in [3.63, 3.8) is 0 Å². The zero-order chi connectivity index (χ0) is 16.3. The van der Waals surface area contributed by atoms with Gasteiger partial charge in [-0.3, -0.25) is 9.48 Å². The van der Waals surface area contributed by atoms with Crippen LogP contribution in [0, 0.1) is 19.3 Å². The minimum absolute atomic E-state index is 0.000711. The molecule has 5 heteroatoms. The first-order chi connectivity index (χ1) is 10.3. The van der Waals surface area contributed by atoms with Crippen molar-refractivity contribution in [1.29, 1.82) is 0 Å². The molecule has 120 valence electrons. The minimum atomic E-state index is 0.000711. The molecule has 0 fully saturated rings. The summed E-state index contributed by atoms with van der Waals surface area (Å²) in [6.45, 7) is 10.8. The first kappa shape index (κ1) is 16.7. The quantitative estimate of drug-likeness (QED) is 0.913. The van der Waals surface area contributed by atoms with Crippen LogP contribution in [0.15, 0.2) is 23.6 Å². The molecule has 22 heavy (non-hydrogen) atoms. The van der Waals surface area contributed by atoms with Crippen LogP contribution in [0.1, 0.15) is 49.5 Å². The number of rotatable bonds is 5. The minimum Gasteiger partial charge on any atom is -0.354 e. The fraction of sp³-hybridized carbons (Fsp3) is 0.529. The van der Waals surface area contributed by atoms with E-state index in [9.17, 15) is 4.79 Å². The van der Waals surface area contributed by atoms with Crippen LogP contribution in [0.2, 0.25) is 0 Å². The van der Waals surface area contributed by atoms with Crippen LogP contribution >= 0.6 is 11.3 Å². The number of hydrogen-bond donors (Lipinski definition) is 1. The summed E-state index contributed by atoms with van der Waals surface area (Å²) in [7, 11) is 0. The molecule has 4 nitrogen and oxygen atoms in total. The van der Waals surface area contributed by atoms with Gasteiger partial charge in [0.25, 0.3) is 0 Å². The Morgan fingerprint density at radius 1 is 1.41 bits per heavy atom. The molecular formula is C17H25N3OS. The highest BCUT2D eigenvalue weighted by Crippen LogP contribution is 2.24. The van der Waals surface area contributed by atoms with E-state index in [0.29, 0.717) is 13.0 Å². The summed E-state index contributed by atoms with van der Waals surface area (Å²) in [4.78, 5) is 13.3. The molecule has 2 rings (SSSR count). The third kappa shape index (κ3) is 4.44. The zero-order valence-electron chi connectivity index (χ0n) is 14.0. The predicted octanol–water partition coefficient (Wildman–Crippen LogP) is 3.70. The molecule has 0 radical (unpaired) electrons. The summed E-state index contributed by atoms with van der Waals surface area (Å²) in [5.74, 6) is 0.0931. The molecule has 0 aliphatic rings. The number of carbonyl (C=O) groups is 1. The van der Waals surface area contributed by atoms with Gasteiger partial charge >= 0.3 is 0 Å². The zero-order valence-corrected chi connectivity index (χ0v) is 14.8. The number of carbonyl (C=O) groups excluding carboxylic acids is 1. The van der Waals surface area contributed by atoms with E-state index >= 15 is 0 Å². The first-order valence-corrected chi connectivity index (χ1v) is 8.47. The van der Waals surface area contributed by atoms with Crippen molar-refractivity contribution in [2.24, 2.45) is 5.41 Å².